The smallest absolute Gasteiger partial charge is 0.262 e. The fourth-order valence-corrected chi connectivity index (χ4v) is 1.81. The number of nitrogens with one attached hydrogen (secondary N) is 1. The summed E-state index contributed by atoms with van der Waals surface area (Å²) in [4.78, 5) is 12.0. The number of amides is 1. The molecule has 0 saturated carbocycles. The molecule has 0 atom stereocenters. The van der Waals surface area contributed by atoms with Crippen LogP contribution in [0.25, 0.3) is 0 Å². The average Bonchev–Trinajstić information content (AvgIpc) is 2.54. The number of anilines is 2. The summed E-state index contributed by atoms with van der Waals surface area (Å²) in [6.07, 6.45) is 0. The van der Waals surface area contributed by atoms with Gasteiger partial charge in [0.05, 0.1) is 19.9 Å². The molecule has 2 aromatic carbocycles. The highest BCUT2D eigenvalue weighted by atomic mass is 16.5. The molecule has 2 rings (SSSR count). The van der Waals surface area contributed by atoms with Gasteiger partial charge in [0.15, 0.2) is 6.61 Å². The highest BCUT2D eigenvalue weighted by molar-refractivity contribution is 5.93. The molecule has 116 valence electrons. The summed E-state index contributed by atoms with van der Waals surface area (Å²) in [5.74, 6) is 1.43. The van der Waals surface area contributed by atoms with E-state index >= 15 is 0 Å². The first kappa shape index (κ1) is 15.5. The summed E-state index contributed by atoms with van der Waals surface area (Å²) in [6, 6.07) is 12.0. The molecule has 0 spiro atoms. The molecule has 0 aliphatic rings. The van der Waals surface area contributed by atoms with E-state index in [1.807, 2.05) is 0 Å². The number of methoxy groups -OCH3 is 2. The normalized spacial score (nSPS) is 9.91. The second-order valence-electron chi connectivity index (χ2n) is 4.47. The number of hydrogen-bond donors (Lipinski definition) is 2. The van der Waals surface area contributed by atoms with Gasteiger partial charge in [-0.15, -0.1) is 0 Å². The van der Waals surface area contributed by atoms with Crippen LogP contribution in [0.3, 0.4) is 0 Å². The van der Waals surface area contributed by atoms with Gasteiger partial charge in [-0.2, -0.15) is 0 Å². The minimum Gasteiger partial charge on any atom is -0.497 e. The van der Waals surface area contributed by atoms with Crippen molar-refractivity contribution < 1.29 is 19.0 Å². The van der Waals surface area contributed by atoms with Gasteiger partial charge in [-0.05, 0) is 36.4 Å². The molecule has 1 amide bonds. The molecule has 6 heteroatoms. The molecule has 0 aromatic heterocycles. The molecule has 0 aliphatic heterocycles. The summed E-state index contributed by atoms with van der Waals surface area (Å²) in [5, 5.41) is 2.72. The lowest BCUT2D eigenvalue weighted by Crippen LogP contribution is -2.20. The maximum atomic E-state index is 12.0. The summed E-state index contributed by atoms with van der Waals surface area (Å²) in [7, 11) is 3.08. The van der Waals surface area contributed by atoms with Crippen molar-refractivity contribution in [2.75, 3.05) is 31.9 Å². The van der Waals surface area contributed by atoms with E-state index in [1.54, 1.807) is 49.6 Å². The minimum atomic E-state index is -0.302. The molecule has 2 aromatic rings. The lowest BCUT2D eigenvalue weighted by molar-refractivity contribution is -0.118. The highest BCUT2D eigenvalue weighted by Crippen LogP contribution is 2.28. The summed E-state index contributed by atoms with van der Waals surface area (Å²) in [5.41, 5.74) is 6.74. The summed E-state index contributed by atoms with van der Waals surface area (Å²) >= 11 is 0. The van der Waals surface area contributed by atoms with Gasteiger partial charge in [-0.1, -0.05) is 0 Å². The third-order valence-electron chi connectivity index (χ3n) is 2.93. The fourth-order valence-electron chi connectivity index (χ4n) is 1.81. The van der Waals surface area contributed by atoms with Gasteiger partial charge in [-0.25, -0.2) is 0 Å². The molecule has 0 unspecified atom stereocenters. The first-order valence-electron chi connectivity index (χ1n) is 6.62. The number of carbonyl (C=O) groups is 1. The molecule has 6 nitrogen and oxygen atoms in total. The number of rotatable bonds is 6. The summed E-state index contributed by atoms with van der Waals surface area (Å²) in [6.45, 7) is -0.121. The SMILES string of the molecule is COc1ccc(OC)c(NC(=O)COc2ccc(N)cc2)c1. The van der Waals surface area contributed by atoms with E-state index in [0.29, 0.717) is 28.6 Å². The van der Waals surface area contributed by atoms with Gasteiger partial charge >= 0.3 is 0 Å². The Bertz CT molecular complexity index is 641. The largest absolute Gasteiger partial charge is 0.497 e. The van der Waals surface area contributed by atoms with E-state index in [2.05, 4.69) is 5.32 Å². The number of nitrogens with two attached hydrogens (primary N) is 1. The van der Waals surface area contributed by atoms with Crippen molar-refractivity contribution in [2.24, 2.45) is 0 Å². The molecular formula is C16H18N2O4. The third-order valence-corrected chi connectivity index (χ3v) is 2.93. The Kier molecular flexibility index (Phi) is 5.08. The number of nitrogen functional groups attached to an aromatic ring is 1. The fraction of sp³-hybridized carbons (Fsp3) is 0.188. The van der Waals surface area contributed by atoms with E-state index < -0.39 is 0 Å². The van der Waals surface area contributed by atoms with Crippen LogP contribution < -0.4 is 25.3 Å². The molecule has 0 aliphatic carbocycles. The topological polar surface area (TPSA) is 82.8 Å². The van der Waals surface area contributed by atoms with Gasteiger partial charge in [-0.3, -0.25) is 4.79 Å². The zero-order valence-electron chi connectivity index (χ0n) is 12.5. The molecule has 0 fully saturated rings. The van der Waals surface area contributed by atoms with Crippen LogP contribution in [0.4, 0.5) is 11.4 Å². The molecular weight excluding hydrogens is 284 g/mol. The van der Waals surface area contributed by atoms with Gasteiger partial charge in [0.1, 0.15) is 17.2 Å². The van der Waals surface area contributed by atoms with Gasteiger partial charge < -0.3 is 25.3 Å². The van der Waals surface area contributed by atoms with Crippen LogP contribution in [0.2, 0.25) is 0 Å². The van der Waals surface area contributed by atoms with Crippen LogP contribution in [-0.2, 0) is 4.79 Å². The van der Waals surface area contributed by atoms with Crippen molar-refractivity contribution in [3.05, 3.63) is 42.5 Å². The monoisotopic (exact) mass is 302 g/mol. The predicted octanol–water partition coefficient (Wildman–Crippen LogP) is 2.30. The van der Waals surface area contributed by atoms with Gasteiger partial charge in [0.25, 0.3) is 5.91 Å². The Hall–Kier alpha value is -2.89. The number of hydrogen-bond acceptors (Lipinski definition) is 5. The molecule has 0 saturated heterocycles. The number of carbonyl (C=O) groups excluding carboxylic acids is 1. The molecule has 0 bridgehead atoms. The van der Waals surface area contributed by atoms with Gasteiger partial charge in [0.2, 0.25) is 0 Å². The van der Waals surface area contributed by atoms with E-state index in [1.165, 1.54) is 7.11 Å². The molecule has 0 radical (unpaired) electrons. The first-order valence-corrected chi connectivity index (χ1v) is 6.62. The number of benzene rings is 2. The van der Waals surface area contributed by atoms with E-state index in [9.17, 15) is 4.79 Å². The third kappa shape index (κ3) is 4.05. The zero-order valence-corrected chi connectivity index (χ0v) is 12.5. The number of ether oxygens (including phenoxy) is 3. The van der Waals surface area contributed by atoms with Gasteiger partial charge in [0, 0.05) is 11.8 Å². The van der Waals surface area contributed by atoms with Crippen molar-refractivity contribution in [3.63, 3.8) is 0 Å². The Morgan fingerprint density at radius 2 is 1.73 bits per heavy atom. The Morgan fingerprint density at radius 3 is 2.36 bits per heavy atom. The standard InChI is InChI=1S/C16H18N2O4/c1-20-13-7-8-15(21-2)14(9-13)18-16(19)10-22-12-5-3-11(17)4-6-12/h3-9H,10,17H2,1-2H3,(H,18,19). The minimum absolute atomic E-state index is 0.121. The van der Waals surface area contributed by atoms with Crippen LogP contribution in [0.5, 0.6) is 17.2 Å². The maximum Gasteiger partial charge on any atom is 0.262 e. The second-order valence-corrected chi connectivity index (χ2v) is 4.47. The quantitative estimate of drug-likeness (QED) is 0.800. The van der Waals surface area contributed by atoms with Crippen LogP contribution in [0.1, 0.15) is 0 Å². The summed E-state index contributed by atoms with van der Waals surface area (Å²) < 4.78 is 15.7. The van der Waals surface area contributed by atoms with Crippen molar-refractivity contribution in [3.8, 4) is 17.2 Å². The Labute approximate surface area is 128 Å². The highest BCUT2D eigenvalue weighted by Gasteiger charge is 2.09. The zero-order chi connectivity index (χ0) is 15.9. The van der Waals surface area contributed by atoms with Crippen molar-refractivity contribution in [1.82, 2.24) is 0 Å². The molecule has 3 N–H and O–H groups in total. The van der Waals surface area contributed by atoms with Crippen LogP contribution in [0, 0.1) is 0 Å². The van der Waals surface area contributed by atoms with Crippen molar-refractivity contribution in [2.45, 2.75) is 0 Å². The first-order chi connectivity index (χ1) is 10.6. The molecule has 0 heterocycles. The Balaban J connectivity index is 1.98. The maximum absolute atomic E-state index is 12.0. The van der Waals surface area contributed by atoms with Crippen molar-refractivity contribution >= 4 is 17.3 Å². The van der Waals surface area contributed by atoms with Crippen molar-refractivity contribution in [1.29, 1.82) is 0 Å². The van der Waals surface area contributed by atoms with E-state index in [4.69, 9.17) is 19.9 Å². The lowest BCUT2D eigenvalue weighted by atomic mass is 10.2. The lowest BCUT2D eigenvalue weighted by Gasteiger charge is -2.12. The average molecular weight is 302 g/mol. The Morgan fingerprint density at radius 1 is 1.05 bits per heavy atom. The second kappa shape index (κ2) is 7.21. The molecule has 22 heavy (non-hydrogen) atoms. The van der Waals surface area contributed by atoms with Crippen LogP contribution in [0.15, 0.2) is 42.5 Å². The predicted molar refractivity (Wildman–Crippen MR) is 84.5 cm³/mol. The van der Waals surface area contributed by atoms with E-state index in [-0.39, 0.29) is 12.5 Å². The van der Waals surface area contributed by atoms with E-state index in [0.717, 1.165) is 0 Å². The van der Waals surface area contributed by atoms with Crippen LogP contribution >= 0.6 is 0 Å². The van der Waals surface area contributed by atoms with Crippen LogP contribution in [-0.4, -0.2) is 26.7 Å².